The lowest BCUT2D eigenvalue weighted by molar-refractivity contribution is -0.385. The van der Waals surface area contributed by atoms with E-state index in [4.69, 9.17) is 9.47 Å². The Bertz CT molecular complexity index is 1250. The third kappa shape index (κ3) is 2.19. The summed E-state index contributed by atoms with van der Waals surface area (Å²) in [4.78, 5) is 13.0. The Morgan fingerprint density at radius 2 is 1.90 bits per heavy atom. The van der Waals surface area contributed by atoms with Gasteiger partial charge < -0.3 is 14.4 Å². The van der Waals surface area contributed by atoms with Crippen LogP contribution in [0.1, 0.15) is 25.0 Å². The van der Waals surface area contributed by atoms with Gasteiger partial charge in [0.25, 0.3) is 5.69 Å². The van der Waals surface area contributed by atoms with E-state index in [1.807, 2.05) is 25.3 Å². The molecule has 0 radical (unpaired) electrons. The summed E-state index contributed by atoms with van der Waals surface area (Å²) < 4.78 is 12.2. The predicted octanol–water partition coefficient (Wildman–Crippen LogP) is 5.29. The van der Waals surface area contributed by atoms with Gasteiger partial charge in [-0.25, -0.2) is 0 Å². The van der Waals surface area contributed by atoms with E-state index in [0.717, 1.165) is 5.69 Å². The summed E-state index contributed by atoms with van der Waals surface area (Å²) in [7, 11) is 3.52. The van der Waals surface area contributed by atoms with Crippen LogP contribution in [0, 0.1) is 10.1 Å². The molecular formula is C24H22N2O4. The number of non-ortho nitro benzene ring substituents is 1. The van der Waals surface area contributed by atoms with Crippen molar-refractivity contribution in [2.45, 2.75) is 25.0 Å². The molecule has 6 nitrogen and oxygen atoms in total. The number of nitro groups is 1. The first-order valence-corrected chi connectivity index (χ1v) is 9.81. The maximum absolute atomic E-state index is 11.3. The number of rotatable bonds is 2. The first kappa shape index (κ1) is 18.5. The van der Waals surface area contributed by atoms with Crippen LogP contribution in [0.15, 0.2) is 54.6 Å². The first-order chi connectivity index (χ1) is 14.3. The third-order valence-corrected chi connectivity index (χ3v) is 6.53. The molecular weight excluding hydrogens is 380 g/mol. The van der Waals surface area contributed by atoms with Crippen LogP contribution in [0.4, 0.5) is 11.4 Å². The molecule has 0 unspecified atom stereocenters. The number of fused-ring (bicyclic) bond motifs is 4. The molecule has 0 amide bonds. The van der Waals surface area contributed by atoms with E-state index in [0.29, 0.717) is 17.1 Å². The molecule has 3 aromatic carbocycles. The molecule has 1 atom stereocenters. The van der Waals surface area contributed by atoms with Gasteiger partial charge in [-0.2, -0.15) is 0 Å². The zero-order valence-electron chi connectivity index (χ0n) is 17.3. The van der Waals surface area contributed by atoms with E-state index >= 15 is 0 Å². The van der Waals surface area contributed by atoms with Crippen LogP contribution in [0.5, 0.6) is 11.5 Å². The van der Waals surface area contributed by atoms with E-state index in [9.17, 15) is 10.1 Å². The zero-order chi connectivity index (χ0) is 21.3. The lowest BCUT2D eigenvalue weighted by Crippen LogP contribution is -2.58. The summed E-state index contributed by atoms with van der Waals surface area (Å²) in [5.41, 5.74) is 1.74. The molecule has 0 bridgehead atoms. The summed E-state index contributed by atoms with van der Waals surface area (Å²) in [6, 6.07) is 15.6. The highest BCUT2D eigenvalue weighted by Crippen LogP contribution is 2.57. The van der Waals surface area contributed by atoms with Crippen LogP contribution in [0.25, 0.3) is 16.8 Å². The van der Waals surface area contributed by atoms with E-state index in [-0.39, 0.29) is 5.69 Å². The lowest BCUT2D eigenvalue weighted by atomic mass is 9.75. The van der Waals surface area contributed by atoms with Gasteiger partial charge in [0.05, 0.1) is 23.5 Å². The van der Waals surface area contributed by atoms with Crippen LogP contribution in [-0.2, 0) is 5.41 Å². The summed E-state index contributed by atoms with van der Waals surface area (Å²) in [6.07, 6.45) is 3.91. The van der Waals surface area contributed by atoms with Crippen molar-refractivity contribution in [1.82, 2.24) is 0 Å². The van der Waals surface area contributed by atoms with Gasteiger partial charge in [-0.1, -0.05) is 30.3 Å². The molecule has 0 aliphatic carbocycles. The Labute approximate surface area is 174 Å². The highest BCUT2D eigenvalue weighted by atomic mass is 16.6. The monoisotopic (exact) mass is 402 g/mol. The minimum Gasteiger partial charge on any atom is -0.493 e. The van der Waals surface area contributed by atoms with Crippen LogP contribution in [0.3, 0.4) is 0 Å². The van der Waals surface area contributed by atoms with E-state index < -0.39 is 16.1 Å². The summed E-state index contributed by atoms with van der Waals surface area (Å²) in [6.45, 7) is 4.35. The fourth-order valence-corrected chi connectivity index (χ4v) is 4.98. The summed E-state index contributed by atoms with van der Waals surface area (Å²) in [5.74, 6) is 0.871. The Hall–Kier alpha value is -3.54. The number of nitro benzene ring substituents is 1. The number of hydrogen-bond donors (Lipinski definition) is 0. The zero-order valence-corrected chi connectivity index (χ0v) is 17.3. The molecule has 1 spiro atoms. The Kier molecular flexibility index (Phi) is 3.69. The van der Waals surface area contributed by atoms with Crippen molar-refractivity contribution >= 4 is 28.2 Å². The highest BCUT2D eigenvalue weighted by molar-refractivity contribution is 5.94. The fourth-order valence-electron chi connectivity index (χ4n) is 4.98. The van der Waals surface area contributed by atoms with Crippen molar-refractivity contribution in [2.75, 3.05) is 19.1 Å². The second-order valence-corrected chi connectivity index (χ2v) is 8.32. The molecule has 0 saturated carbocycles. The number of anilines is 1. The molecule has 3 aromatic rings. The highest BCUT2D eigenvalue weighted by Gasteiger charge is 2.58. The average Bonchev–Trinajstić information content (AvgIpc) is 2.91. The standard InChI is InChI=1S/C24H22N2O4/c1-23(2)21-18-8-6-5-7-15(18)9-10-19(21)25(3)24(23)12-11-16-13-17(26(27)28)14-20(29-4)22(16)30-24/h5-14H,1-4H3/t24-/m1/s1. The van der Waals surface area contributed by atoms with E-state index in [1.54, 1.807) is 0 Å². The molecule has 0 aromatic heterocycles. The number of methoxy groups -OCH3 is 1. The fraction of sp³-hybridized carbons (Fsp3) is 0.250. The molecule has 2 aliphatic heterocycles. The van der Waals surface area contributed by atoms with Crippen molar-refractivity contribution in [2.24, 2.45) is 0 Å². The van der Waals surface area contributed by atoms with Crippen molar-refractivity contribution < 1.29 is 14.4 Å². The largest absolute Gasteiger partial charge is 0.493 e. The van der Waals surface area contributed by atoms with Gasteiger partial charge in [0.15, 0.2) is 11.5 Å². The molecule has 30 heavy (non-hydrogen) atoms. The van der Waals surface area contributed by atoms with Gasteiger partial charge in [0.2, 0.25) is 5.72 Å². The number of benzene rings is 3. The second-order valence-electron chi connectivity index (χ2n) is 8.32. The van der Waals surface area contributed by atoms with E-state index in [1.165, 1.54) is 35.6 Å². The first-order valence-electron chi connectivity index (χ1n) is 9.81. The number of ether oxygens (including phenoxy) is 2. The topological polar surface area (TPSA) is 64.8 Å². The van der Waals surface area contributed by atoms with Gasteiger partial charge in [0.1, 0.15) is 0 Å². The van der Waals surface area contributed by atoms with Gasteiger partial charge >= 0.3 is 0 Å². The molecule has 0 N–H and O–H groups in total. The van der Waals surface area contributed by atoms with Crippen LogP contribution >= 0.6 is 0 Å². The number of hydrogen-bond acceptors (Lipinski definition) is 5. The van der Waals surface area contributed by atoms with Gasteiger partial charge in [0, 0.05) is 24.4 Å². The molecule has 0 saturated heterocycles. The third-order valence-electron chi connectivity index (χ3n) is 6.53. The SMILES string of the molecule is COc1cc([N+](=O)[O-])cc2c1O[C@@]1(C=C2)N(C)c2ccc3ccccc3c2C1(C)C. The lowest BCUT2D eigenvalue weighted by Gasteiger charge is -2.46. The predicted molar refractivity (Wildman–Crippen MR) is 117 cm³/mol. The van der Waals surface area contributed by atoms with Crippen molar-refractivity contribution in [3.63, 3.8) is 0 Å². The maximum Gasteiger partial charge on any atom is 0.274 e. The van der Waals surface area contributed by atoms with Gasteiger partial charge in [-0.3, -0.25) is 10.1 Å². The van der Waals surface area contributed by atoms with Crippen molar-refractivity contribution in [1.29, 1.82) is 0 Å². The molecule has 2 aliphatic rings. The normalized spacial score (nSPS) is 20.7. The second kappa shape index (κ2) is 5.98. The molecule has 152 valence electrons. The molecule has 0 fully saturated rings. The minimum absolute atomic E-state index is 0.0249. The van der Waals surface area contributed by atoms with Gasteiger partial charge in [-0.15, -0.1) is 0 Å². The van der Waals surface area contributed by atoms with E-state index in [2.05, 4.69) is 49.1 Å². The van der Waals surface area contributed by atoms with Crippen molar-refractivity contribution in [3.8, 4) is 11.5 Å². The maximum atomic E-state index is 11.3. The average molecular weight is 402 g/mol. The van der Waals surface area contributed by atoms with Gasteiger partial charge in [-0.05, 0) is 48.4 Å². The Morgan fingerprint density at radius 3 is 2.63 bits per heavy atom. The van der Waals surface area contributed by atoms with Crippen LogP contribution < -0.4 is 14.4 Å². The molecule has 6 heteroatoms. The number of nitrogens with zero attached hydrogens (tertiary/aromatic N) is 2. The summed E-state index contributed by atoms with van der Waals surface area (Å²) >= 11 is 0. The molecule has 5 rings (SSSR count). The van der Waals surface area contributed by atoms with Crippen molar-refractivity contribution in [3.05, 3.63) is 75.8 Å². The Balaban J connectivity index is 1.73. The minimum atomic E-state index is -0.796. The summed E-state index contributed by atoms with van der Waals surface area (Å²) in [5, 5.41) is 13.7. The smallest absolute Gasteiger partial charge is 0.274 e. The Morgan fingerprint density at radius 1 is 1.13 bits per heavy atom. The molecule has 2 heterocycles. The number of likely N-dealkylation sites (N-methyl/N-ethyl adjacent to an activating group) is 1. The van der Waals surface area contributed by atoms with Crippen LogP contribution in [-0.4, -0.2) is 24.8 Å². The quantitative estimate of drug-likeness (QED) is 0.431. The van der Waals surface area contributed by atoms with Crippen LogP contribution in [0.2, 0.25) is 0 Å².